The molecule has 1 saturated carbocycles. The molecule has 1 amide bonds. The van der Waals surface area contributed by atoms with Crippen molar-refractivity contribution in [2.45, 2.75) is 44.8 Å². The van der Waals surface area contributed by atoms with E-state index in [-0.39, 0.29) is 35.8 Å². The Labute approximate surface area is 159 Å². The highest BCUT2D eigenvalue weighted by molar-refractivity contribution is 5.84. The van der Waals surface area contributed by atoms with Crippen LogP contribution < -0.4 is 9.47 Å². The molecule has 1 saturated heterocycles. The van der Waals surface area contributed by atoms with Crippen LogP contribution >= 0.6 is 0 Å². The zero-order valence-electron chi connectivity index (χ0n) is 17.1. The van der Waals surface area contributed by atoms with Gasteiger partial charge in [0.15, 0.2) is 11.5 Å². The highest BCUT2D eigenvalue weighted by Gasteiger charge is 2.39. The predicted octanol–water partition coefficient (Wildman–Crippen LogP) is 2.95. The van der Waals surface area contributed by atoms with Crippen molar-refractivity contribution < 1.29 is 35.3 Å². The van der Waals surface area contributed by atoms with E-state index in [1.165, 1.54) is 31.1 Å². The largest absolute Gasteiger partial charge is 0.489 e. The molecule has 0 spiro atoms. The molecule has 1 aromatic rings. The minimum absolute atomic E-state index is 0.129. The number of nitrogens with zero attached hydrogens (tertiary/aromatic N) is 1. The summed E-state index contributed by atoms with van der Waals surface area (Å²) in [7, 11) is 1.25. The van der Waals surface area contributed by atoms with E-state index in [4.69, 9.17) is 12.2 Å². The van der Waals surface area contributed by atoms with E-state index in [1.54, 1.807) is 6.07 Å². The first-order valence-corrected chi connectivity index (χ1v) is 8.75. The van der Waals surface area contributed by atoms with Gasteiger partial charge in [0.1, 0.15) is 6.04 Å². The van der Waals surface area contributed by atoms with Gasteiger partial charge in [-0.25, -0.2) is 4.79 Å². The second-order valence-corrected chi connectivity index (χ2v) is 6.72. The smallest absolute Gasteiger partial charge is 0.387 e. The Morgan fingerprint density at radius 2 is 2.07 bits per heavy atom. The van der Waals surface area contributed by atoms with Crippen LogP contribution in [0, 0.1) is 5.92 Å². The lowest BCUT2D eigenvalue weighted by Crippen LogP contribution is -2.39. The molecule has 0 N–H and O–H groups in total. The van der Waals surface area contributed by atoms with Crippen LogP contribution in [0.4, 0.5) is 8.78 Å². The summed E-state index contributed by atoms with van der Waals surface area (Å²) >= 11 is 0. The van der Waals surface area contributed by atoms with Gasteiger partial charge in [-0.2, -0.15) is 8.78 Å². The molecule has 0 bridgehead atoms. The van der Waals surface area contributed by atoms with Crippen LogP contribution in [-0.2, 0) is 14.3 Å². The second-order valence-electron chi connectivity index (χ2n) is 6.72. The van der Waals surface area contributed by atoms with Crippen molar-refractivity contribution in [1.29, 1.82) is 0 Å². The number of likely N-dealkylation sites (tertiary alicyclic amines) is 1. The Morgan fingerprint density at radius 3 is 2.67 bits per heavy atom. The third kappa shape index (κ3) is 4.67. The number of ether oxygens (including phenoxy) is 3. The fourth-order valence-electron chi connectivity index (χ4n) is 3.18. The van der Waals surface area contributed by atoms with Gasteiger partial charge in [-0.3, -0.25) is 4.79 Å². The number of benzene rings is 1. The normalized spacial score (nSPS) is 23.7. The number of carbonyl (C=O) groups is 2. The standard InChI is InChI=1S/C19H23F2NO5/c1-11(23)22-9-14(7-15(22)18(24)25-2)13-5-6-16(27-19(20)21)17(8-13)26-10-12-3-4-12/h5-6,8,12,14-15,19H,3-4,7,9-10H2,1-2H3/i10D2. The van der Waals surface area contributed by atoms with Crippen molar-refractivity contribution >= 4 is 11.9 Å². The zero-order valence-corrected chi connectivity index (χ0v) is 15.1. The Kier molecular flexibility index (Phi) is 5.03. The highest BCUT2D eigenvalue weighted by atomic mass is 19.3. The van der Waals surface area contributed by atoms with Gasteiger partial charge in [-0.05, 0) is 42.9 Å². The average Bonchev–Trinajstić information content (AvgIpc) is 3.41. The van der Waals surface area contributed by atoms with Gasteiger partial charge < -0.3 is 19.1 Å². The van der Waals surface area contributed by atoms with Crippen molar-refractivity contribution in [3.8, 4) is 11.5 Å². The molecule has 0 aromatic heterocycles. The summed E-state index contributed by atoms with van der Waals surface area (Å²) in [4.78, 5) is 25.3. The lowest BCUT2D eigenvalue weighted by Gasteiger charge is -2.20. The van der Waals surface area contributed by atoms with Gasteiger partial charge in [0.25, 0.3) is 0 Å². The van der Waals surface area contributed by atoms with E-state index in [0.717, 1.165) is 0 Å². The Morgan fingerprint density at radius 1 is 1.33 bits per heavy atom. The minimum Gasteiger partial charge on any atom is -0.489 e. The van der Waals surface area contributed by atoms with Crippen molar-refractivity contribution in [2.24, 2.45) is 5.92 Å². The number of hydrogen-bond donors (Lipinski definition) is 0. The Hall–Kier alpha value is -2.38. The van der Waals surface area contributed by atoms with Crippen LogP contribution in [0.25, 0.3) is 0 Å². The number of alkyl halides is 2. The summed E-state index contributed by atoms with van der Waals surface area (Å²) in [5.74, 6) is -1.76. The van der Waals surface area contributed by atoms with Gasteiger partial charge >= 0.3 is 12.6 Å². The van der Waals surface area contributed by atoms with Crippen LogP contribution in [0.15, 0.2) is 18.2 Å². The maximum absolute atomic E-state index is 12.8. The number of hydrogen-bond acceptors (Lipinski definition) is 5. The van der Waals surface area contributed by atoms with Crippen molar-refractivity contribution in [1.82, 2.24) is 4.90 Å². The van der Waals surface area contributed by atoms with E-state index in [1.807, 2.05) is 0 Å². The topological polar surface area (TPSA) is 65.1 Å². The monoisotopic (exact) mass is 385 g/mol. The van der Waals surface area contributed by atoms with Gasteiger partial charge in [-0.15, -0.1) is 0 Å². The molecule has 2 fully saturated rings. The number of carbonyl (C=O) groups excluding carboxylic acids is 2. The van der Waals surface area contributed by atoms with Gasteiger partial charge in [-0.1, -0.05) is 6.07 Å². The second kappa shape index (κ2) is 8.10. The molecule has 1 aliphatic carbocycles. The molecule has 2 aliphatic rings. The first-order valence-electron chi connectivity index (χ1n) is 9.75. The SMILES string of the molecule is [2H]C([2H])(Oc1cc(C2CC(C(=O)OC)N(C(C)=O)C2)ccc1OC(F)F)C1CC1. The summed E-state index contributed by atoms with van der Waals surface area (Å²) in [6.45, 7) is -3.48. The quantitative estimate of drug-likeness (QED) is 0.675. The summed E-state index contributed by atoms with van der Waals surface area (Å²) in [6, 6.07) is 3.56. The molecular formula is C19H23F2NO5. The molecule has 1 heterocycles. The summed E-state index contributed by atoms with van der Waals surface area (Å²) < 4.78 is 56.3. The molecule has 2 unspecified atom stereocenters. The lowest BCUT2D eigenvalue weighted by atomic mass is 9.96. The molecule has 2 atom stereocenters. The third-order valence-electron chi connectivity index (χ3n) is 4.75. The molecular weight excluding hydrogens is 360 g/mol. The fraction of sp³-hybridized carbons (Fsp3) is 0.579. The van der Waals surface area contributed by atoms with Crippen molar-refractivity contribution in [3.05, 3.63) is 23.8 Å². The number of rotatable bonds is 7. The van der Waals surface area contributed by atoms with Crippen LogP contribution in [0.5, 0.6) is 11.5 Å². The molecule has 148 valence electrons. The number of halogens is 2. The first kappa shape index (κ1) is 16.8. The summed E-state index contributed by atoms with van der Waals surface area (Å²) in [6.07, 6.45) is 1.62. The zero-order chi connectivity index (χ0) is 21.3. The summed E-state index contributed by atoms with van der Waals surface area (Å²) in [5.41, 5.74) is 0.630. The lowest BCUT2D eigenvalue weighted by molar-refractivity contribution is -0.150. The van der Waals surface area contributed by atoms with Gasteiger partial charge in [0, 0.05) is 19.4 Å². The van der Waals surface area contributed by atoms with Gasteiger partial charge in [0.05, 0.1) is 16.4 Å². The van der Waals surface area contributed by atoms with Crippen molar-refractivity contribution in [3.63, 3.8) is 0 Å². The van der Waals surface area contributed by atoms with E-state index >= 15 is 0 Å². The Balaban J connectivity index is 1.88. The molecule has 27 heavy (non-hydrogen) atoms. The number of methoxy groups -OCH3 is 1. The van der Waals surface area contributed by atoms with E-state index in [0.29, 0.717) is 24.8 Å². The van der Waals surface area contributed by atoms with Crippen LogP contribution in [0.3, 0.4) is 0 Å². The molecule has 6 nitrogen and oxygen atoms in total. The number of esters is 1. The molecule has 0 radical (unpaired) electrons. The van der Waals surface area contributed by atoms with Crippen LogP contribution in [-0.4, -0.2) is 49.6 Å². The first-order chi connectivity index (χ1) is 13.6. The third-order valence-corrected chi connectivity index (χ3v) is 4.75. The average molecular weight is 385 g/mol. The molecule has 1 aromatic carbocycles. The molecule has 1 aliphatic heterocycles. The molecule has 8 heteroatoms. The number of amides is 1. The summed E-state index contributed by atoms with van der Waals surface area (Å²) in [5, 5.41) is 0. The highest BCUT2D eigenvalue weighted by Crippen LogP contribution is 2.39. The van der Waals surface area contributed by atoms with Gasteiger partial charge in [0.2, 0.25) is 5.91 Å². The van der Waals surface area contributed by atoms with Crippen LogP contribution in [0.1, 0.15) is 40.4 Å². The van der Waals surface area contributed by atoms with E-state index in [9.17, 15) is 18.4 Å². The maximum Gasteiger partial charge on any atom is 0.387 e. The minimum atomic E-state index is -3.08. The fourth-order valence-corrected chi connectivity index (χ4v) is 3.18. The Bertz CT molecular complexity index is 788. The molecule has 3 rings (SSSR count). The van der Waals surface area contributed by atoms with Crippen molar-refractivity contribution in [2.75, 3.05) is 20.2 Å². The van der Waals surface area contributed by atoms with E-state index in [2.05, 4.69) is 4.74 Å². The maximum atomic E-state index is 12.8. The van der Waals surface area contributed by atoms with Crippen LogP contribution in [0.2, 0.25) is 0 Å². The van der Waals surface area contributed by atoms with E-state index < -0.39 is 25.2 Å². The predicted molar refractivity (Wildman–Crippen MR) is 91.8 cm³/mol.